The molecule has 25 heavy (non-hydrogen) atoms. The predicted molar refractivity (Wildman–Crippen MR) is 97.9 cm³/mol. The third kappa shape index (κ3) is 4.81. The molecule has 0 heterocycles. The number of aliphatic hydroxyl groups is 2. The minimum atomic E-state index is -1.36. The highest BCUT2D eigenvalue weighted by molar-refractivity contribution is 5.99. The van der Waals surface area contributed by atoms with Crippen LogP contribution in [0, 0.1) is 0 Å². The number of aliphatic hydroxyl groups excluding tert-OH is 2. The second kappa shape index (κ2) is 9.21. The van der Waals surface area contributed by atoms with Gasteiger partial charge in [-0.3, -0.25) is 4.79 Å². The van der Waals surface area contributed by atoms with Crippen LogP contribution in [0.2, 0.25) is 0 Å². The molecule has 1 aliphatic rings. The van der Waals surface area contributed by atoms with Crippen molar-refractivity contribution < 1.29 is 19.8 Å². The van der Waals surface area contributed by atoms with Crippen molar-refractivity contribution in [2.24, 2.45) is 0 Å². The molecule has 0 bridgehead atoms. The predicted octanol–water partition coefficient (Wildman–Crippen LogP) is 3.27. The molecule has 1 aliphatic carbocycles. The lowest BCUT2D eigenvalue weighted by Gasteiger charge is -2.19. The lowest BCUT2D eigenvalue weighted by atomic mass is 9.89. The number of carbonyl (C=O) groups excluding carboxylic acids is 2. The number of rotatable bonds is 8. The van der Waals surface area contributed by atoms with E-state index < -0.39 is 6.10 Å². The van der Waals surface area contributed by atoms with E-state index in [-0.39, 0.29) is 17.2 Å². The summed E-state index contributed by atoms with van der Waals surface area (Å²) in [4.78, 5) is 23.3. The standard InChI is InChI=1S/C20H25NO4/c1-2-3-4-5-6-7-10-21-20(25)14-8-9-16-15(11-14)12-18(23)19(24)17(16)13-22/h8-9,11-12,19,23-24H,2-7,10H2,1H3,(H,21,25). The molecule has 2 rings (SSSR count). The van der Waals surface area contributed by atoms with Gasteiger partial charge in [-0.2, -0.15) is 0 Å². The number of carbonyl (C=O) groups is 1. The van der Waals surface area contributed by atoms with Crippen LogP contribution in [0.5, 0.6) is 0 Å². The third-order valence-corrected chi connectivity index (χ3v) is 4.39. The van der Waals surface area contributed by atoms with E-state index in [0.717, 1.165) is 12.8 Å². The van der Waals surface area contributed by atoms with Gasteiger partial charge in [0, 0.05) is 12.1 Å². The molecule has 3 N–H and O–H groups in total. The number of hydrogen-bond acceptors (Lipinski definition) is 4. The summed E-state index contributed by atoms with van der Waals surface area (Å²) in [7, 11) is 0. The molecule has 5 nitrogen and oxygen atoms in total. The number of nitrogens with one attached hydrogen (secondary N) is 1. The normalized spacial score (nSPS) is 16.0. The van der Waals surface area contributed by atoms with E-state index in [1.807, 2.05) is 0 Å². The van der Waals surface area contributed by atoms with Gasteiger partial charge < -0.3 is 15.5 Å². The summed E-state index contributed by atoms with van der Waals surface area (Å²) in [5, 5.41) is 22.4. The molecule has 0 spiro atoms. The summed E-state index contributed by atoms with van der Waals surface area (Å²) in [6.45, 7) is 2.81. The summed E-state index contributed by atoms with van der Waals surface area (Å²) in [5.41, 5.74) is 1.44. The van der Waals surface area contributed by atoms with Gasteiger partial charge in [0.1, 0.15) is 17.8 Å². The van der Waals surface area contributed by atoms with Crippen LogP contribution in [0.15, 0.2) is 24.0 Å². The zero-order chi connectivity index (χ0) is 18.2. The summed E-state index contributed by atoms with van der Waals surface area (Å²) >= 11 is 0. The van der Waals surface area contributed by atoms with E-state index in [0.29, 0.717) is 23.2 Å². The van der Waals surface area contributed by atoms with E-state index in [2.05, 4.69) is 12.2 Å². The van der Waals surface area contributed by atoms with Crippen LogP contribution in [0.3, 0.4) is 0 Å². The first-order chi connectivity index (χ1) is 12.1. The van der Waals surface area contributed by atoms with Crippen LogP contribution in [0.25, 0.3) is 11.6 Å². The summed E-state index contributed by atoms with van der Waals surface area (Å²) in [6, 6.07) is 4.81. The van der Waals surface area contributed by atoms with Crippen molar-refractivity contribution in [3.05, 3.63) is 40.6 Å². The van der Waals surface area contributed by atoms with Crippen LogP contribution >= 0.6 is 0 Å². The Labute approximate surface area is 148 Å². The van der Waals surface area contributed by atoms with Gasteiger partial charge in [0.15, 0.2) is 0 Å². The molecule has 5 heteroatoms. The minimum absolute atomic E-state index is 0.0194. The van der Waals surface area contributed by atoms with Gasteiger partial charge in [-0.25, -0.2) is 4.79 Å². The summed E-state index contributed by atoms with van der Waals surface area (Å²) in [6.07, 6.45) is 6.96. The quantitative estimate of drug-likeness (QED) is 0.499. The van der Waals surface area contributed by atoms with E-state index in [4.69, 9.17) is 0 Å². The molecule has 0 fully saturated rings. The minimum Gasteiger partial charge on any atom is -0.509 e. The molecule has 1 aromatic rings. The lowest BCUT2D eigenvalue weighted by molar-refractivity contribution is 0.0953. The third-order valence-electron chi connectivity index (χ3n) is 4.39. The summed E-state index contributed by atoms with van der Waals surface area (Å²) < 4.78 is 0. The Kier molecular flexibility index (Phi) is 6.99. The highest BCUT2D eigenvalue weighted by Gasteiger charge is 2.26. The van der Waals surface area contributed by atoms with Crippen molar-refractivity contribution in [2.75, 3.05) is 6.54 Å². The smallest absolute Gasteiger partial charge is 0.251 e. The molecule has 1 amide bonds. The lowest BCUT2D eigenvalue weighted by Crippen LogP contribution is -2.25. The second-order valence-electron chi connectivity index (χ2n) is 6.31. The Hall–Kier alpha value is -2.36. The maximum absolute atomic E-state index is 12.2. The molecule has 1 aromatic carbocycles. The Balaban J connectivity index is 1.95. The number of hydrogen-bond donors (Lipinski definition) is 3. The topological polar surface area (TPSA) is 86.6 Å². The molecule has 0 saturated carbocycles. The van der Waals surface area contributed by atoms with Gasteiger partial charge in [0.2, 0.25) is 0 Å². The van der Waals surface area contributed by atoms with E-state index in [1.54, 1.807) is 24.1 Å². The van der Waals surface area contributed by atoms with Gasteiger partial charge in [-0.05, 0) is 35.8 Å². The summed E-state index contributed by atoms with van der Waals surface area (Å²) in [5.74, 6) is 1.16. The zero-order valence-corrected chi connectivity index (χ0v) is 14.5. The molecular weight excluding hydrogens is 318 g/mol. The average molecular weight is 343 g/mol. The molecule has 0 aromatic heterocycles. The van der Waals surface area contributed by atoms with Crippen molar-refractivity contribution in [1.82, 2.24) is 5.32 Å². The van der Waals surface area contributed by atoms with Crippen LogP contribution in [-0.4, -0.2) is 34.7 Å². The fraction of sp³-hybridized carbons (Fsp3) is 0.450. The average Bonchev–Trinajstić information content (AvgIpc) is 2.61. The number of benzene rings is 1. The van der Waals surface area contributed by atoms with E-state index in [9.17, 15) is 19.8 Å². The Bertz CT molecular complexity index is 702. The second-order valence-corrected chi connectivity index (χ2v) is 6.31. The van der Waals surface area contributed by atoms with Crippen molar-refractivity contribution >= 4 is 23.5 Å². The molecule has 134 valence electrons. The first kappa shape index (κ1) is 19.0. The first-order valence-electron chi connectivity index (χ1n) is 8.84. The fourth-order valence-electron chi connectivity index (χ4n) is 2.92. The monoisotopic (exact) mass is 343 g/mol. The van der Waals surface area contributed by atoms with Crippen LogP contribution in [-0.2, 0) is 4.79 Å². The van der Waals surface area contributed by atoms with Crippen molar-refractivity contribution in [2.45, 2.75) is 51.6 Å². The molecule has 0 saturated heterocycles. The first-order valence-corrected chi connectivity index (χ1v) is 8.84. The Morgan fingerprint density at radius 2 is 1.92 bits per heavy atom. The van der Waals surface area contributed by atoms with Crippen molar-refractivity contribution in [3.63, 3.8) is 0 Å². The molecule has 1 unspecified atom stereocenters. The highest BCUT2D eigenvalue weighted by atomic mass is 16.3. The van der Waals surface area contributed by atoms with Crippen molar-refractivity contribution in [3.8, 4) is 0 Å². The number of unbranched alkanes of at least 4 members (excludes halogenated alkanes) is 5. The maximum atomic E-state index is 12.2. The fourth-order valence-corrected chi connectivity index (χ4v) is 2.92. The maximum Gasteiger partial charge on any atom is 0.251 e. The van der Waals surface area contributed by atoms with Gasteiger partial charge in [0.05, 0.1) is 5.57 Å². The number of fused-ring (bicyclic) bond motifs is 1. The van der Waals surface area contributed by atoms with Crippen LogP contribution in [0.4, 0.5) is 0 Å². The van der Waals surface area contributed by atoms with Gasteiger partial charge in [-0.15, -0.1) is 0 Å². The molecule has 1 atom stereocenters. The SMILES string of the molecule is CCCCCCCCNC(=O)c1ccc2c(c1)C=C(O)C(O)C2=C=O. The van der Waals surface area contributed by atoms with E-state index >= 15 is 0 Å². The molecule has 0 radical (unpaired) electrons. The van der Waals surface area contributed by atoms with Crippen LogP contribution < -0.4 is 5.32 Å². The highest BCUT2D eigenvalue weighted by Crippen LogP contribution is 2.31. The van der Waals surface area contributed by atoms with E-state index in [1.165, 1.54) is 31.8 Å². The number of amides is 1. The van der Waals surface area contributed by atoms with Crippen molar-refractivity contribution in [1.29, 1.82) is 0 Å². The van der Waals surface area contributed by atoms with Gasteiger partial charge >= 0.3 is 0 Å². The Morgan fingerprint density at radius 3 is 2.64 bits per heavy atom. The molecular formula is C20H25NO4. The van der Waals surface area contributed by atoms with Gasteiger partial charge in [0.25, 0.3) is 5.91 Å². The largest absolute Gasteiger partial charge is 0.509 e. The van der Waals surface area contributed by atoms with Crippen LogP contribution in [0.1, 0.15) is 66.9 Å². The van der Waals surface area contributed by atoms with Gasteiger partial charge in [-0.1, -0.05) is 45.1 Å². The molecule has 0 aliphatic heterocycles. The zero-order valence-electron chi connectivity index (χ0n) is 14.5. The Morgan fingerprint density at radius 1 is 1.20 bits per heavy atom.